The zero-order chi connectivity index (χ0) is 35.7. The summed E-state index contributed by atoms with van der Waals surface area (Å²) < 4.78 is 1.90. The van der Waals surface area contributed by atoms with Crippen molar-refractivity contribution in [2.45, 2.75) is 108 Å². The van der Waals surface area contributed by atoms with Crippen LogP contribution in [0, 0.1) is 0 Å². The number of likely N-dealkylation sites (tertiary alicyclic amines) is 1. The van der Waals surface area contributed by atoms with Crippen molar-refractivity contribution in [3.8, 4) is 0 Å². The van der Waals surface area contributed by atoms with E-state index in [0.29, 0.717) is 44.8 Å². The van der Waals surface area contributed by atoms with Crippen LogP contribution >= 0.6 is 0 Å². The van der Waals surface area contributed by atoms with E-state index < -0.39 is 12.0 Å². The third-order valence-electron chi connectivity index (χ3n) is 9.84. The Morgan fingerprint density at radius 1 is 0.922 bits per heavy atom. The first-order valence-electron chi connectivity index (χ1n) is 19.0. The van der Waals surface area contributed by atoms with Gasteiger partial charge in [-0.05, 0) is 83.1 Å². The molecule has 15 nitrogen and oxygen atoms in total. The standard InChI is InChI=1S/C36H58N12O3/c37-31(35(50)51)12-6-19-40-33(49)16-24-47-22-14-28(15-23-47)42-34-30-11-4-5-13-32(30)43-36(44-34)41-25-29-26-48(46-45-29)21-8-18-38-17-7-20-39-27-9-2-1-3-10-27/h4-5,11,13,26-28,31,38-39H,1-3,6-10,12,14-25,37H2,(H,40,49)(H,50,51)(H2,41,42,43,44)/t31-/m0/s1. The van der Waals surface area contributed by atoms with E-state index in [1.165, 1.54) is 32.1 Å². The van der Waals surface area contributed by atoms with Crippen LogP contribution in [0.4, 0.5) is 11.8 Å². The quantitative estimate of drug-likeness (QED) is 0.0753. The third kappa shape index (κ3) is 13.3. The van der Waals surface area contributed by atoms with Crippen LogP contribution in [0.15, 0.2) is 30.5 Å². The van der Waals surface area contributed by atoms with Crippen LogP contribution in [0.5, 0.6) is 0 Å². The second-order valence-electron chi connectivity index (χ2n) is 13.9. The average Bonchev–Trinajstić information content (AvgIpc) is 3.61. The third-order valence-corrected chi connectivity index (χ3v) is 9.84. The minimum Gasteiger partial charge on any atom is -0.480 e. The lowest BCUT2D eigenvalue weighted by molar-refractivity contribution is -0.138. The van der Waals surface area contributed by atoms with E-state index >= 15 is 0 Å². The first-order chi connectivity index (χ1) is 24.9. The zero-order valence-electron chi connectivity index (χ0n) is 30.0. The van der Waals surface area contributed by atoms with Crippen molar-refractivity contribution < 1.29 is 14.7 Å². The van der Waals surface area contributed by atoms with Gasteiger partial charge in [-0.15, -0.1) is 5.10 Å². The van der Waals surface area contributed by atoms with Gasteiger partial charge in [0.1, 0.15) is 17.6 Å². The molecule has 0 unspecified atom stereocenters. The van der Waals surface area contributed by atoms with E-state index in [-0.39, 0.29) is 11.9 Å². The van der Waals surface area contributed by atoms with Crippen molar-refractivity contribution in [2.24, 2.45) is 5.73 Å². The highest BCUT2D eigenvalue weighted by molar-refractivity contribution is 5.90. The monoisotopic (exact) mass is 706 g/mol. The van der Waals surface area contributed by atoms with Crippen LogP contribution in [0.2, 0.25) is 0 Å². The van der Waals surface area contributed by atoms with Crippen molar-refractivity contribution in [1.29, 1.82) is 0 Å². The van der Waals surface area contributed by atoms with Gasteiger partial charge in [0.25, 0.3) is 0 Å². The lowest BCUT2D eigenvalue weighted by atomic mass is 9.95. The topological polar surface area (TPSA) is 200 Å². The maximum atomic E-state index is 12.3. The van der Waals surface area contributed by atoms with Gasteiger partial charge in [0, 0.05) is 56.6 Å². The number of piperidine rings is 1. The summed E-state index contributed by atoms with van der Waals surface area (Å²) in [6.07, 6.45) is 14.1. The first kappa shape index (κ1) is 38.3. The summed E-state index contributed by atoms with van der Waals surface area (Å²) in [7, 11) is 0. The lowest BCUT2D eigenvalue weighted by Gasteiger charge is -2.32. The SMILES string of the molecule is N[C@@H](CCCNC(=O)CCN1CCC(Nc2nc(NCc3cn(CCCNCCCNC4CCCCC4)nn3)nc3ccccc23)CC1)C(=O)O. The number of rotatable bonds is 22. The van der Waals surface area contributed by atoms with Gasteiger partial charge >= 0.3 is 5.97 Å². The number of hydrogen-bond donors (Lipinski definition) is 7. The Hall–Kier alpha value is -3.92. The van der Waals surface area contributed by atoms with Gasteiger partial charge in [-0.3, -0.25) is 14.3 Å². The van der Waals surface area contributed by atoms with Crippen molar-refractivity contribution >= 4 is 34.5 Å². The second kappa shape index (κ2) is 20.8. The summed E-state index contributed by atoms with van der Waals surface area (Å²) in [4.78, 5) is 35.0. The number of carboxylic acids is 1. The fourth-order valence-electron chi connectivity index (χ4n) is 6.80. The van der Waals surface area contributed by atoms with Crippen molar-refractivity contribution in [2.75, 3.05) is 56.4 Å². The summed E-state index contributed by atoms with van der Waals surface area (Å²) in [6.45, 7) is 7.28. The summed E-state index contributed by atoms with van der Waals surface area (Å²) in [5.41, 5.74) is 7.22. The number of carbonyl (C=O) groups is 2. The van der Waals surface area contributed by atoms with Crippen LogP contribution in [0.1, 0.15) is 82.7 Å². The maximum Gasteiger partial charge on any atom is 0.320 e. The van der Waals surface area contributed by atoms with Gasteiger partial charge in [0.2, 0.25) is 11.9 Å². The Bertz CT molecular complexity index is 1490. The Labute approximate surface area is 301 Å². The highest BCUT2D eigenvalue weighted by Crippen LogP contribution is 2.25. The molecule has 1 aliphatic carbocycles. The molecule has 2 aliphatic rings. The zero-order valence-corrected chi connectivity index (χ0v) is 30.0. The molecule has 1 amide bonds. The predicted molar refractivity (Wildman–Crippen MR) is 199 cm³/mol. The molecule has 1 aromatic carbocycles. The molecule has 3 heterocycles. The Morgan fingerprint density at radius 2 is 1.73 bits per heavy atom. The van der Waals surface area contributed by atoms with Gasteiger partial charge in [-0.25, -0.2) is 4.98 Å². The summed E-state index contributed by atoms with van der Waals surface area (Å²) in [5, 5.41) is 35.7. The molecule has 2 fully saturated rings. The molecule has 1 saturated carbocycles. The number of aliphatic carboxylic acids is 1. The van der Waals surface area contributed by atoms with E-state index in [1.807, 2.05) is 35.1 Å². The molecule has 15 heteroatoms. The largest absolute Gasteiger partial charge is 0.480 e. The highest BCUT2D eigenvalue weighted by atomic mass is 16.4. The number of nitrogens with one attached hydrogen (secondary N) is 5. The summed E-state index contributed by atoms with van der Waals surface area (Å²) in [5.74, 6) is 0.315. The van der Waals surface area contributed by atoms with E-state index in [4.69, 9.17) is 20.8 Å². The highest BCUT2D eigenvalue weighted by Gasteiger charge is 2.21. The summed E-state index contributed by atoms with van der Waals surface area (Å²) >= 11 is 0. The average molecular weight is 707 g/mol. The minimum atomic E-state index is -1.02. The van der Waals surface area contributed by atoms with Crippen molar-refractivity contribution in [3.63, 3.8) is 0 Å². The maximum absolute atomic E-state index is 12.3. The van der Waals surface area contributed by atoms with Gasteiger partial charge in [-0.2, -0.15) is 4.98 Å². The van der Waals surface area contributed by atoms with Gasteiger partial charge in [0.15, 0.2) is 0 Å². The van der Waals surface area contributed by atoms with E-state index in [2.05, 4.69) is 41.8 Å². The van der Waals surface area contributed by atoms with Crippen LogP contribution in [-0.4, -0.2) is 111 Å². The fraction of sp³-hybridized carbons (Fsp3) is 0.667. The fourth-order valence-corrected chi connectivity index (χ4v) is 6.80. The smallest absolute Gasteiger partial charge is 0.320 e. The molecule has 1 saturated heterocycles. The van der Waals surface area contributed by atoms with Crippen molar-refractivity contribution in [3.05, 3.63) is 36.2 Å². The molecule has 51 heavy (non-hydrogen) atoms. The van der Waals surface area contributed by atoms with Crippen LogP contribution in [0.25, 0.3) is 10.9 Å². The molecule has 8 N–H and O–H groups in total. The van der Waals surface area contributed by atoms with E-state index in [9.17, 15) is 9.59 Å². The van der Waals surface area contributed by atoms with Gasteiger partial charge < -0.3 is 42.3 Å². The Kier molecular flexibility index (Phi) is 15.6. The molecule has 0 radical (unpaired) electrons. The number of nitrogens with two attached hydrogens (primary N) is 1. The second-order valence-corrected chi connectivity index (χ2v) is 13.9. The van der Waals surface area contributed by atoms with Crippen molar-refractivity contribution in [1.82, 2.24) is 45.8 Å². The number of amides is 1. The number of fused-ring (bicyclic) bond motifs is 1. The number of benzene rings is 1. The van der Waals surface area contributed by atoms with E-state index in [0.717, 1.165) is 93.4 Å². The van der Waals surface area contributed by atoms with E-state index in [1.54, 1.807) is 0 Å². The molecule has 2 aromatic heterocycles. The summed E-state index contributed by atoms with van der Waals surface area (Å²) in [6, 6.07) is 8.13. The Balaban J connectivity index is 0.990. The molecule has 5 rings (SSSR count). The molecule has 1 atom stereocenters. The number of para-hydroxylation sites is 1. The molecule has 3 aromatic rings. The number of aryl methyl sites for hydroxylation is 1. The van der Waals surface area contributed by atoms with Crippen LogP contribution in [0.3, 0.4) is 0 Å². The molecular weight excluding hydrogens is 648 g/mol. The number of carbonyl (C=O) groups excluding carboxylic acids is 1. The normalized spacial score (nSPS) is 16.6. The molecule has 1 aliphatic heterocycles. The number of carboxylic acid groups (broad SMARTS) is 1. The van der Waals surface area contributed by atoms with Crippen LogP contribution in [-0.2, 0) is 22.7 Å². The molecule has 280 valence electrons. The number of anilines is 2. The number of nitrogens with zero attached hydrogens (tertiary/aromatic N) is 6. The minimum absolute atomic E-state index is 0.0230. The van der Waals surface area contributed by atoms with Crippen LogP contribution < -0.4 is 32.3 Å². The molecule has 0 bridgehead atoms. The molecular formula is C36H58N12O3. The number of aromatic nitrogens is 5. The first-order valence-corrected chi connectivity index (χ1v) is 19.0. The molecule has 0 spiro atoms. The van der Waals surface area contributed by atoms with Gasteiger partial charge in [0.05, 0.1) is 18.3 Å². The lowest BCUT2D eigenvalue weighted by Crippen LogP contribution is -2.41. The Morgan fingerprint density at radius 3 is 2.55 bits per heavy atom. The van der Waals surface area contributed by atoms with Gasteiger partial charge in [-0.1, -0.05) is 36.6 Å². The predicted octanol–water partition coefficient (Wildman–Crippen LogP) is 2.70. The number of hydrogen-bond acceptors (Lipinski definition) is 12.